The van der Waals surface area contributed by atoms with Gasteiger partial charge < -0.3 is 15.0 Å². The molecule has 1 saturated heterocycles. The summed E-state index contributed by atoms with van der Waals surface area (Å²) in [7, 11) is 0. The van der Waals surface area contributed by atoms with Gasteiger partial charge in [0.25, 0.3) is 5.91 Å². The summed E-state index contributed by atoms with van der Waals surface area (Å²) >= 11 is 0. The fourth-order valence-corrected chi connectivity index (χ4v) is 3.21. The molecule has 0 radical (unpaired) electrons. The van der Waals surface area contributed by atoms with Gasteiger partial charge in [0.05, 0.1) is 19.3 Å². The van der Waals surface area contributed by atoms with Crippen LogP contribution in [0.15, 0.2) is 24.3 Å². The minimum atomic E-state index is 0.170. The number of nitrogens with one attached hydrogen (secondary N) is 2. The summed E-state index contributed by atoms with van der Waals surface area (Å²) in [6, 6.07) is 8.69. The fraction of sp³-hybridized carbons (Fsp3) is 0.562. The number of hydrogen-bond donors (Lipinski definition) is 2. The maximum absolute atomic E-state index is 12.2. The predicted octanol–water partition coefficient (Wildman–Crippen LogP) is 0.0953. The molecule has 2 aliphatic rings. The molecule has 0 bridgehead atoms. The van der Waals surface area contributed by atoms with Crippen LogP contribution in [0, 0.1) is 0 Å². The molecular weight excluding hydrogens is 252 g/mol. The third kappa shape index (κ3) is 3.19. The number of morpholine rings is 1. The largest absolute Gasteiger partial charge is 0.370 e. The van der Waals surface area contributed by atoms with Crippen molar-refractivity contribution in [2.24, 2.45) is 0 Å². The zero-order chi connectivity index (χ0) is 13.8. The van der Waals surface area contributed by atoms with Gasteiger partial charge in [0.1, 0.15) is 13.1 Å². The lowest BCUT2D eigenvalue weighted by Gasteiger charge is -2.28. The first-order valence-electron chi connectivity index (χ1n) is 7.61. The topological polar surface area (TPSA) is 42.8 Å². The van der Waals surface area contributed by atoms with Crippen LogP contribution in [0.4, 0.5) is 0 Å². The number of rotatable bonds is 3. The van der Waals surface area contributed by atoms with Gasteiger partial charge in [-0.3, -0.25) is 4.79 Å². The number of aryl methyl sites for hydroxylation is 1. The van der Waals surface area contributed by atoms with Crippen LogP contribution in [0.25, 0.3) is 0 Å². The summed E-state index contributed by atoms with van der Waals surface area (Å²) < 4.78 is 5.33. The summed E-state index contributed by atoms with van der Waals surface area (Å²) in [6.07, 6.45) is 3.35. The van der Waals surface area contributed by atoms with E-state index in [1.807, 2.05) is 0 Å². The van der Waals surface area contributed by atoms with E-state index >= 15 is 0 Å². The highest BCUT2D eigenvalue weighted by atomic mass is 16.5. The molecule has 20 heavy (non-hydrogen) atoms. The van der Waals surface area contributed by atoms with E-state index in [0.29, 0.717) is 6.54 Å². The van der Waals surface area contributed by atoms with Crippen LogP contribution in [-0.4, -0.2) is 38.8 Å². The van der Waals surface area contributed by atoms with Gasteiger partial charge >= 0.3 is 0 Å². The van der Waals surface area contributed by atoms with Gasteiger partial charge in [0.15, 0.2) is 6.54 Å². The molecule has 4 heteroatoms. The van der Waals surface area contributed by atoms with Gasteiger partial charge in [0, 0.05) is 0 Å². The Labute approximate surface area is 120 Å². The lowest BCUT2D eigenvalue weighted by Crippen LogP contribution is -3.15. The van der Waals surface area contributed by atoms with Crippen LogP contribution in [0.5, 0.6) is 0 Å². The summed E-state index contributed by atoms with van der Waals surface area (Å²) in [5, 5.41) is 3.22. The Hall–Kier alpha value is -1.39. The van der Waals surface area contributed by atoms with Crippen LogP contribution in [-0.2, 0) is 16.0 Å². The van der Waals surface area contributed by atoms with Crippen molar-refractivity contribution in [3.8, 4) is 0 Å². The zero-order valence-electron chi connectivity index (χ0n) is 11.9. The van der Waals surface area contributed by atoms with E-state index in [4.69, 9.17) is 4.74 Å². The molecule has 108 valence electrons. The van der Waals surface area contributed by atoms with Crippen molar-refractivity contribution in [1.29, 1.82) is 0 Å². The van der Waals surface area contributed by atoms with Crippen LogP contribution < -0.4 is 10.2 Å². The van der Waals surface area contributed by atoms with Gasteiger partial charge in [0.2, 0.25) is 0 Å². The molecule has 1 aromatic carbocycles. The SMILES string of the molecule is O=C(C[NH+]1CCOCC1)N[C@@H]1CCCc2ccccc21. The second kappa shape index (κ2) is 6.37. The van der Waals surface area contributed by atoms with E-state index in [1.54, 1.807) is 0 Å². The highest BCUT2D eigenvalue weighted by molar-refractivity contribution is 5.77. The first-order chi connectivity index (χ1) is 9.83. The number of benzene rings is 1. The van der Waals surface area contributed by atoms with Crippen molar-refractivity contribution >= 4 is 5.91 Å². The Morgan fingerprint density at radius 2 is 2.10 bits per heavy atom. The van der Waals surface area contributed by atoms with E-state index < -0.39 is 0 Å². The van der Waals surface area contributed by atoms with Crippen molar-refractivity contribution in [3.05, 3.63) is 35.4 Å². The van der Waals surface area contributed by atoms with E-state index in [2.05, 4.69) is 29.6 Å². The van der Waals surface area contributed by atoms with E-state index in [0.717, 1.165) is 45.6 Å². The average Bonchev–Trinajstić information content (AvgIpc) is 2.48. The number of carbonyl (C=O) groups is 1. The second-order valence-corrected chi connectivity index (χ2v) is 5.75. The van der Waals surface area contributed by atoms with Gasteiger partial charge in [-0.2, -0.15) is 0 Å². The van der Waals surface area contributed by atoms with Crippen molar-refractivity contribution in [2.75, 3.05) is 32.8 Å². The van der Waals surface area contributed by atoms with Crippen LogP contribution in [0.2, 0.25) is 0 Å². The molecule has 0 unspecified atom stereocenters. The summed E-state index contributed by atoms with van der Waals surface area (Å²) in [5.41, 5.74) is 2.70. The van der Waals surface area contributed by atoms with Gasteiger partial charge in [-0.15, -0.1) is 0 Å². The Balaban J connectivity index is 1.59. The molecule has 1 heterocycles. The van der Waals surface area contributed by atoms with Crippen LogP contribution in [0.1, 0.15) is 30.0 Å². The minimum Gasteiger partial charge on any atom is -0.370 e. The molecule has 0 aromatic heterocycles. The second-order valence-electron chi connectivity index (χ2n) is 5.75. The number of carbonyl (C=O) groups excluding carboxylic acids is 1. The van der Waals surface area contributed by atoms with Gasteiger partial charge in [-0.05, 0) is 30.4 Å². The molecule has 2 N–H and O–H groups in total. The number of quaternary nitrogens is 1. The summed E-state index contributed by atoms with van der Waals surface area (Å²) in [6.45, 7) is 4.00. The highest BCUT2D eigenvalue weighted by Crippen LogP contribution is 2.29. The average molecular weight is 275 g/mol. The smallest absolute Gasteiger partial charge is 0.275 e. The number of ether oxygens (including phenoxy) is 1. The minimum absolute atomic E-state index is 0.170. The number of fused-ring (bicyclic) bond motifs is 1. The normalized spacial score (nSPS) is 23.1. The lowest BCUT2D eigenvalue weighted by atomic mass is 9.88. The molecular formula is C16H23N2O2+. The Bertz CT molecular complexity index is 469. The highest BCUT2D eigenvalue weighted by Gasteiger charge is 2.24. The zero-order valence-corrected chi connectivity index (χ0v) is 11.9. The van der Waals surface area contributed by atoms with Crippen molar-refractivity contribution in [2.45, 2.75) is 25.3 Å². The van der Waals surface area contributed by atoms with E-state index in [9.17, 15) is 4.79 Å². The van der Waals surface area contributed by atoms with Crippen molar-refractivity contribution < 1.29 is 14.4 Å². The lowest BCUT2D eigenvalue weighted by molar-refractivity contribution is -0.900. The fourth-order valence-electron chi connectivity index (χ4n) is 3.21. The first-order valence-corrected chi connectivity index (χ1v) is 7.61. The molecule has 0 spiro atoms. The predicted molar refractivity (Wildman–Crippen MR) is 76.6 cm³/mol. The Kier molecular flexibility index (Phi) is 4.33. The third-order valence-electron chi connectivity index (χ3n) is 4.32. The van der Waals surface area contributed by atoms with E-state index in [1.165, 1.54) is 16.0 Å². The number of hydrogen-bond acceptors (Lipinski definition) is 2. The van der Waals surface area contributed by atoms with Crippen molar-refractivity contribution in [1.82, 2.24) is 5.32 Å². The molecule has 0 saturated carbocycles. The first kappa shape index (κ1) is 13.6. The molecule has 1 aliphatic carbocycles. The van der Waals surface area contributed by atoms with Gasteiger partial charge in [-0.25, -0.2) is 0 Å². The standard InChI is InChI=1S/C16H22N2O2/c19-16(12-18-8-10-20-11-9-18)17-15-7-3-5-13-4-1-2-6-14(13)15/h1-2,4,6,15H,3,5,7-12H2,(H,17,19)/p+1/t15-/m1/s1. The van der Waals surface area contributed by atoms with Crippen LogP contribution in [0.3, 0.4) is 0 Å². The molecule has 4 nitrogen and oxygen atoms in total. The maximum Gasteiger partial charge on any atom is 0.275 e. The molecule has 3 rings (SSSR count). The molecule has 1 aliphatic heterocycles. The Morgan fingerprint density at radius 3 is 2.95 bits per heavy atom. The summed E-state index contributed by atoms with van der Waals surface area (Å²) in [4.78, 5) is 13.5. The molecule has 1 amide bonds. The molecule has 1 aromatic rings. The maximum atomic E-state index is 12.2. The molecule has 1 atom stereocenters. The summed E-state index contributed by atoms with van der Waals surface area (Å²) in [5.74, 6) is 0.170. The van der Waals surface area contributed by atoms with E-state index in [-0.39, 0.29) is 11.9 Å². The number of amides is 1. The monoisotopic (exact) mass is 275 g/mol. The third-order valence-corrected chi connectivity index (χ3v) is 4.32. The molecule has 1 fully saturated rings. The van der Waals surface area contributed by atoms with Crippen molar-refractivity contribution in [3.63, 3.8) is 0 Å². The van der Waals surface area contributed by atoms with Crippen LogP contribution >= 0.6 is 0 Å². The van der Waals surface area contributed by atoms with Gasteiger partial charge in [-0.1, -0.05) is 24.3 Å². The Morgan fingerprint density at radius 1 is 1.30 bits per heavy atom. The quantitative estimate of drug-likeness (QED) is 0.821.